The zero-order valence-corrected chi connectivity index (χ0v) is 9.83. The summed E-state index contributed by atoms with van der Waals surface area (Å²) in [5.41, 5.74) is 0.184. The number of rotatable bonds is 4. The number of hydrogen-bond acceptors (Lipinski definition) is 2. The molecule has 0 aliphatic rings. The molecule has 3 nitrogen and oxygen atoms in total. The van der Waals surface area contributed by atoms with Crippen LogP contribution < -0.4 is 4.74 Å². The van der Waals surface area contributed by atoms with Gasteiger partial charge in [-0.1, -0.05) is 19.9 Å². The molecule has 94 valence electrons. The fourth-order valence-corrected chi connectivity index (χ4v) is 1.44. The summed E-state index contributed by atoms with van der Waals surface area (Å²) in [4.78, 5) is 10.5. The lowest BCUT2D eigenvalue weighted by Gasteiger charge is -2.17. The number of benzene rings is 1. The Morgan fingerprint density at radius 2 is 2.00 bits per heavy atom. The Bertz CT molecular complexity index is 428. The highest BCUT2D eigenvalue weighted by atomic mass is 19.3. The molecule has 0 saturated carbocycles. The van der Waals surface area contributed by atoms with E-state index in [2.05, 4.69) is 0 Å². The van der Waals surface area contributed by atoms with Crippen molar-refractivity contribution >= 4 is 5.97 Å². The third-order valence-corrected chi connectivity index (χ3v) is 2.50. The van der Waals surface area contributed by atoms with Crippen LogP contribution in [0.3, 0.4) is 0 Å². The second kappa shape index (κ2) is 4.69. The molecule has 0 unspecified atom stereocenters. The van der Waals surface area contributed by atoms with Crippen LogP contribution >= 0.6 is 0 Å². The monoisotopic (exact) mass is 244 g/mol. The highest BCUT2D eigenvalue weighted by molar-refractivity contribution is 5.78. The van der Waals surface area contributed by atoms with E-state index in [0.29, 0.717) is 0 Å². The van der Waals surface area contributed by atoms with E-state index in [1.807, 2.05) is 13.8 Å². The van der Waals surface area contributed by atoms with Gasteiger partial charge in [-0.25, -0.2) is 4.79 Å². The highest BCUT2D eigenvalue weighted by Crippen LogP contribution is 2.36. The molecule has 0 aliphatic heterocycles. The summed E-state index contributed by atoms with van der Waals surface area (Å²) < 4.78 is 31.6. The maximum Gasteiger partial charge on any atom is 0.379 e. The van der Waals surface area contributed by atoms with Gasteiger partial charge in [0.2, 0.25) is 0 Å². The summed E-state index contributed by atoms with van der Waals surface area (Å²) >= 11 is 0. The van der Waals surface area contributed by atoms with Gasteiger partial charge in [0.15, 0.2) is 0 Å². The van der Waals surface area contributed by atoms with Crippen molar-refractivity contribution in [2.45, 2.75) is 25.7 Å². The number of aliphatic carboxylic acids is 1. The quantitative estimate of drug-likeness (QED) is 0.885. The first-order valence-electron chi connectivity index (χ1n) is 5.10. The first-order valence-corrected chi connectivity index (χ1v) is 5.10. The molecule has 0 amide bonds. The van der Waals surface area contributed by atoms with Crippen LogP contribution in [0.4, 0.5) is 8.78 Å². The standard InChI is InChI=1S/C12H14F2O3/c1-7(2)8-4-5-9(10(6-8)17-3)12(13,14)11(15)16/h4-7H,1-3H3,(H,15,16). The summed E-state index contributed by atoms with van der Waals surface area (Å²) in [5, 5.41) is 8.49. The molecule has 1 aromatic rings. The van der Waals surface area contributed by atoms with E-state index in [0.717, 1.165) is 11.6 Å². The van der Waals surface area contributed by atoms with Crippen LogP contribution in [0.2, 0.25) is 0 Å². The lowest BCUT2D eigenvalue weighted by molar-refractivity contribution is -0.166. The fourth-order valence-electron chi connectivity index (χ4n) is 1.44. The van der Waals surface area contributed by atoms with Gasteiger partial charge < -0.3 is 9.84 Å². The molecule has 0 saturated heterocycles. The average molecular weight is 244 g/mol. The van der Waals surface area contributed by atoms with E-state index in [1.165, 1.54) is 19.2 Å². The minimum absolute atomic E-state index is 0.108. The molecule has 17 heavy (non-hydrogen) atoms. The number of alkyl halides is 2. The van der Waals surface area contributed by atoms with E-state index >= 15 is 0 Å². The summed E-state index contributed by atoms with van der Waals surface area (Å²) in [6.07, 6.45) is 0. The number of halogens is 2. The summed E-state index contributed by atoms with van der Waals surface area (Å²) in [6.45, 7) is 3.81. The molecule has 0 bridgehead atoms. The molecule has 0 heterocycles. The molecule has 0 radical (unpaired) electrons. The number of carbonyl (C=O) groups is 1. The van der Waals surface area contributed by atoms with Gasteiger partial charge in [-0.15, -0.1) is 0 Å². The average Bonchev–Trinajstić information content (AvgIpc) is 2.27. The van der Waals surface area contributed by atoms with E-state index in [9.17, 15) is 13.6 Å². The van der Waals surface area contributed by atoms with Crippen LogP contribution in [-0.4, -0.2) is 18.2 Å². The van der Waals surface area contributed by atoms with Crippen LogP contribution in [0, 0.1) is 0 Å². The van der Waals surface area contributed by atoms with E-state index in [1.54, 1.807) is 0 Å². The molecule has 1 aromatic carbocycles. The van der Waals surface area contributed by atoms with Crippen molar-refractivity contribution in [3.63, 3.8) is 0 Å². The van der Waals surface area contributed by atoms with Gasteiger partial charge in [-0.2, -0.15) is 8.78 Å². The van der Waals surface area contributed by atoms with Gasteiger partial charge in [0.05, 0.1) is 12.7 Å². The highest BCUT2D eigenvalue weighted by Gasteiger charge is 2.43. The normalized spacial score (nSPS) is 11.6. The van der Waals surface area contributed by atoms with Crippen LogP contribution in [-0.2, 0) is 10.7 Å². The molecule has 0 spiro atoms. The predicted octanol–water partition coefficient (Wildman–Crippen LogP) is 3.00. The zero-order valence-electron chi connectivity index (χ0n) is 9.83. The van der Waals surface area contributed by atoms with Crippen molar-refractivity contribution in [1.82, 2.24) is 0 Å². The number of hydrogen-bond donors (Lipinski definition) is 1. The topological polar surface area (TPSA) is 46.5 Å². The number of ether oxygens (including phenoxy) is 1. The van der Waals surface area contributed by atoms with E-state index in [4.69, 9.17) is 9.84 Å². The molecule has 1 N–H and O–H groups in total. The minimum Gasteiger partial charge on any atom is -0.496 e. The Balaban J connectivity index is 3.31. The van der Waals surface area contributed by atoms with Crippen molar-refractivity contribution in [2.75, 3.05) is 7.11 Å². The van der Waals surface area contributed by atoms with Crippen molar-refractivity contribution < 1.29 is 23.4 Å². The number of methoxy groups -OCH3 is 1. The van der Waals surface area contributed by atoms with Crippen molar-refractivity contribution in [3.05, 3.63) is 29.3 Å². The molecule has 0 aromatic heterocycles. The second-order valence-corrected chi connectivity index (χ2v) is 3.99. The smallest absolute Gasteiger partial charge is 0.379 e. The summed E-state index contributed by atoms with van der Waals surface area (Å²) in [7, 11) is 1.24. The van der Waals surface area contributed by atoms with Gasteiger partial charge in [0, 0.05) is 0 Å². The van der Waals surface area contributed by atoms with Crippen molar-refractivity contribution in [1.29, 1.82) is 0 Å². The van der Waals surface area contributed by atoms with Gasteiger partial charge in [0.25, 0.3) is 0 Å². The molecular weight excluding hydrogens is 230 g/mol. The molecule has 1 rings (SSSR count). The first-order chi connectivity index (χ1) is 7.80. The Morgan fingerprint density at radius 3 is 2.41 bits per heavy atom. The Labute approximate surface area is 98.0 Å². The summed E-state index contributed by atoms with van der Waals surface area (Å²) in [5.74, 6) is -6.09. The largest absolute Gasteiger partial charge is 0.496 e. The first kappa shape index (κ1) is 13.4. The number of carboxylic acids is 1. The molecule has 0 aliphatic carbocycles. The number of carboxylic acid groups (broad SMARTS) is 1. The predicted molar refractivity (Wildman–Crippen MR) is 58.6 cm³/mol. The molecular formula is C12H14F2O3. The van der Waals surface area contributed by atoms with Crippen LogP contribution in [0.15, 0.2) is 18.2 Å². The molecule has 0 atom stereocenters. The minimum atomic E-state index is -3.94. The van der Waals surface area contributed by atoms with Gasteiger partial charge in [-0.05, 0) is 23.6 Å². The Morgan fingerprint density at radius 1 is 1.41 bits per heavy atom. The lowest BCUT2D eigenvalue weighted by atomic mass is 9.98. The zero-order chi connectivity index (χ0) is 13.2. The van der Waals surface area contributed by atoms with Crippen molar-refractivity contribution in [3.8, 4) is 5.75 Å². The van der Waals surface area contributed by atoms with E-state index in [-0.39, 0.29) is 11.7 Å². The van der Waals surface area contributed by atoms with Crippen molar-refractivity contribution in [2.24, 2.45) is 0 Å². The maximum atomic E-state index is 13.4. The maximum absolute atomic E-state index is 13.4. The molecule has 5 heteroatoms. The molecule has 0 fully saturated rings. The van der Waals surface area contributed by atoms with Gasteiger partial charge in [-0.3, -0.25) is 0 Å². The van der Waals surface area contributed by atoms with Crippen LogP contribution in [0.5, 0.6) is 5.75 Å². The van der Waals surface area contributed by atoms with Crippen LogP contribution in [0.1, 0.15) is 30.9 Å². The lowest BCUT2D eigenvalue weighted by Crippen LogP contribution is -2.26. The SMILES string of the molecule is COc1cc(C(C)C)ccc1C(F)(F)C(=O)O. The third kappa shape index (κ3) is 2.54. The Hall–Kier alpha value is -1.65. The Kier molecular flexibility index (Phi) is 3.70. The van der Waals surface area contributed by atoms with Crippen LogP contribution in [0.25, 0.3) is 0 Å². The van der Waals surface area contributed by atoms with Gasteiger partial charge in [0.1, 0.15) is 5.75 Å². The second-order valence-electron chi connectivity index (χ2n) is 3.99. The third-order valence-electron chi connectivity index (χ3n) is 2.50. The fraction of sp³-hybridized carbons (Fsp3) is 0.417. The van der Waals surface area contributed by atoms with Gasteiger partial charge >= 0.3 is 11.9 Å². The summed E-state index contributed by atoms with van der Waals surface area (Å²) in [6, 6.07) is 4.03. The van der Waals surface area contributed by atoms with E-state index < -0.39 is 17.5 Å².